The Morgan fingerprint density at radius 3 is 2.79 bits per heavy atom. The maximum Gasteiger partial charge on any atom is -0.0162 e. The summed E-state index contributed by atoms with van der Waals surface area (Å²) in [4.78, 5) is 0. The van der Waals surface area contributed by atoms with Crippen molar-refractivity contribution in [2.24, 2.45) is 5.92 Å². The third-order valence-corrected chi connectivity index (χ3v) is 3.38. The van der Waals surface area contributed by atoms with Gasteiger partial charge in [-0.3, -0.25) is 0 Å². The molecule has 0 bridgehead atoms. The summed E-state index contributed by atoms with van der Waals surface area (Å²) >= 11 is 0. The second-order valence-corrected chi connectivity index (χ2v) is 4.22. The molecule has 0 spiro atoms. The van der Waals surface area contributed by atoms with Gasteiger partial charge in [0, 0.05) is 0 Å². The van der Waals surface area contributed by atoms with Gasteiger partial charge in [-0.25, -0.2) is 0 Å². The van der Waals surface area contributed by atoms with E-state index in [1.165, 1.54) is 24.8 Å². The Bertz CT molecular complexity index is 336. The highest BCUT2D eigenvalue weighted by molar-refractivity contribution is 5.31. The van der Waals surface area contributed by atoms with E-state index in [4.69, 9.17) is 0 Å². The number of fused-ring (bicyclic) bond motifs is 1. The first kappa shape index (κ1) is 9.51. The summed E-state index contributed by atoms with van der Waals surface area (Å²) < 4.78 is 0. The quantitative estimate of drug-likeness (QED) is 0.617. The van der Waals surface area contributed by atoms with Gasteiger partial charge in [-0.1, -0.05) is 43.3 Å². The minimum atomic E-state index is 0.731. The molecule has 14 heavy (non-hydrogen) atoms. The molecule has 0 heteroatoms. The predicted molar refractivity (Wildman–Crippen MR) is 61.4 cm³/mol. The van der Waals surface area contributed by atoms with Crippen molar-refractivity contribution in [1.29, 1.82) is 0 Å². The number of allylic oxidation sites excluding steroid dienone is 1. The van der Waals surface area contributed by atoms with Gasteiger partial charge in [0.15, 0.2) is 0 Å². The first-order valence-corrected chi connectivity index (χ1v) is 5.55. The third-order valence-electron chi connectivity index (χ3n) is 3.38. The van der Waals surface area contributed by atoms with E-state index in [1.54, 1.807) is 11.1 Å². The fraction of sp³-hybridized carbons (Fsp3) is 0.429. The van der Waals surface area contributed by atoms with Crippen molar-refractivity contribution in [1.82, 2.24) is 0 Å². The molecule has 0 nitrogen and oxygen atoms in total. The summed E-state index contributed by atoms with van der Waals surface area (Å²) in [6.07, 6.45) is 4.87. The molecule has 1 atom stereocenters. The van der Waals surface area contributed by atoms with Crippen LogP contribution in [-0.2, 0) is 12.8 Å². The highest BCUT2D eigenvalue weighted by Gasteiger charge is 2.19. The van der Waals surface area contributed by atoms with Crippen LogP contribution < -0.4 is 0 Å². The Labute approximate surface area is 86.7 Å². The van der Waals surface area contributed by atoms with Gasteiger partial charge >= 0.3 is 0 Å². The Balaban J connectivity index is 2.17. The number of hydrogen-bond acceptors (Lipinski definition) is 0. The van der Waals surface area contributed by atoms with Crippen molar-refractivity contribution in [2.45, 2.75) is 32.6 Å². The Morgan fingerprint density at radius 1 is 1.36 bits per heavy atom. The summed E-state index contributed by atoms with van der Waals surface area (Å²) in [5.41, 5.74) is 4.52. The molecule has 1 aliphatic rings. The molecule has 0 fully saturated rings. The molecule has 1 aliphatic carbocycles. The average molecular weight is 186 g/mol. The zero-order chi connectivity index (χ0) is 9.97. The predicted octanol–water partition coefficient (Wildman–Crippen LogP) is 3.76. The van der Waals surface area contributed by atoms with Crippen molar-refractivity contribution >= 4 is 0 Å². The molecule has 0 N–H and O–H groups in total. The summed E-state index contributed by atoms with van der Waals surface area (Å²) in [7, 11) is 0. The molecule has 1 aromatic carbocycles. The smallest absolute Gasteiger partial charge is 0.0162 e. The minimum Gasteiger partial charge on any atom is -0.0996 e. The van der Waals surface area contributed by atoms with Gasteiger partial charge in [0.2, 0.25) is 0 Å². The van der Waals surface area contributed by atoms with Crippen molar-refractivity contribution in [3.05, 3.63) is 47.5 Å². The highest BCUT2D eigenvalue weighted by Crippen LogP contribution is 2.30. The normalized spacial score (nSPS) is 20.2. The van der Waals surface area contributed by atoms with Crippen molar-refractivity contribution in [2.75, 3.05) is 0 Å². The Kier molecular flexibility index (Phi) is 2.72. The summed E-state index contributed by atoms with van der Waals surface area (Å²) in [5, 5.41) is 0. The molecule has 2 rings (SSSR count). The first-order chi connectivity index (χ1) is 6.81. The number of benzene rings is 1. The minimum absolute atomic E-state index is 0.731. The lowest BCUT2D eigenvalue weighted by molar-refractivity contribution is 0.515. The van der Waals surface area contributed by atoms with E-state index >= 15 is 0 Å². The van der Waals surface area contributed by atoms with Gasteiger partial charge in [-0.15, -0.1) is 0 Å². The molecule has 0 aliphatic heterocycles. The van der Waals surface area contributed by atoms with Gasteiger partial charge in [-0.2, -0.15) is 0 Å². The second-order valence-electron chi connectivity index (χ2n) is 4.22. The standard InChI is InChI=1S/C14H18/c1-3-11(2)13-9-8-12-6-4-5-7-14(12)10-13/h4-7,13H,2-3,8-10H2,1H3. The van der Waals surface area contributed by atoms with E-state index in [1.807, 2.05) is 0 Å². The molecule has 74 valence electrons. The molecule has 0 radical (unpaired) electrons. The van der Waals surface area contributed by atoms with Crippen molar-refractivity contribution in [3.8, 4) is 0 Å². The maximum absolute atomic E-state index is 4.17. The lowest BCUT2D eigenvalue weighted by atomic mass is 9.80. The lowest BCUT2D eigenvalue weighted by Gasteiger charge is -2.25. The van der Waals surface area contributed by atoms with Crippen molar-refractivity contribution in [3.63, 3.8) is 0 Å². The average Bonchev–Trinajstić information content (AvgIpc) is 2.27. The summed E-state index contributed by atoms with van der Waals surface area (Å²) in [5.74, 6) is 0.731. The molecular weight excluding hydrogens is 168 g/mol. The fourth-order valence-corrected chi connectivity index (χ4v) is 2.33. The number of hydrogen-bond donors (Lipinski definition) is 0. The Hall–Kier alpha value is -1.04. The SMILES string of the molecule is C=C(CC)C1CCc2ccccc2C1. The molecule has 1 aromatic rings. The second kappa shape index (κ2) is 4.00. The van der Waals surface area contributed by atoms with Crippen LogP contribution in [-0.4, -0.2) is 0 Å². The third kappa shape index (κ3) is 1.75. The topological polar surface area (TPSA) is 0 Å². The molecule has 0 saturated carbocycles. The monoisotopic (exact) mass is 186 g/mol. The van der Waals surface area contributed by atoms with Crippen LogP contribution in [0.25, 0.3) is 0 Å². The largest absolute Gasteiger partial charge is 0.0996 e. The molecular formula is C14H18. The van der Waals surface area contributed by atoms with Crippen LogP contribution in [0, 0.1) is 5.92 Å². The van der Waals surface area contributed by atoms with E-state index in [2.05, 4.69) is 37.8 Å². The van der Waals surface area contributed by atoms with Crippen molar-refractivity contribution < 1.29 is 0 Å². The molecule has 0 aromatic heterocycles. The van der Waals surface area contributed by atoms with E-state index in [-0.39, 0.29) is 0 Å². The zero-order valence-electron chi connectivity index (χ0n) is 8.92. The molecule has 0 heterocycles. The van der Waals surface area contributed by atoms with E-state index in [0.717, 1.165) is 12.3 Å². The number of rotatable bonds is 2. The van der Waals surface area contributed by atoms with Crippen LogP contribution in [0.2, 0.25) is 0 Å². The zero-order valence-corrected chi connectivity index (χ0v) is 8.92. The van der Waals surface area contributed by atoms with Gasteiger partial charge in [0.1, 0.15) is 0 Å². The number of aryl methyl sites for hydroxylation is 1. The Morgan fingerprint density at radius 2 is 2.07 bits per heavy atom. The molecule has 0 amide bonds. The van der Waals surface area contributed by atoms with Gasteiger partial charge in [-0.05, 0) is 42.7 Å². The van der Waals surface area contributed by atoms with Crippen LogP contribution in [0.3, 0.4) is 0 Å². The van der Waals surface area contributed by atoms with E-state index in [9.17, 15) is 0 Å². The molecule has 0 saturated heterocycles. The summed E-state index contributed by atoms with van der Waals surface area (Å²) in [6.45, 7) is 6.38. The van der Waals surface area contributed by atoms with Gasteiger partial charge in [0.25, 0.3) is 0 Å². The van der Waals surface area contributed by atoms with Crippen LogP contribution in [0.1, 0.15) is 30.9 Å². The van der Waals surface area contributed by atoms with Crippen LogP contribution in [0.4, 0.5) is 0 Å². The van der Waals surface area contributed by atoms with Crippen LogP contribution in [0.5, 0.6) is 0 Å². The lowest BCUT2D eigenvalue weighted by Crippen LogP contribution is -2.15. The van der Waals surface area contributed by atoms with E-state index < -0.39 is 0 Å². The molecule has 1 unspecified atom stereocenters. The maximum atomic E-state index is 4.17. The van der Waals surface area contributed by atoms with Gasteiger partial charge in [0.05, 0.1) is 0 Å². The van der Waals surface area contributed by atoms with Crippen LogP contribution in [0.15, 0.2) is 36.4 Å². The van der Waals surface area contributed by atoms with Gasteiger partial charge < -0.3 is 0 Å². The van der Waals surface area contributed by atoms with E-state index in [0.29, 0.717) is 0 Å². The fourth-order valence-electron chi connectivity index (χ4n) is 2.33. The summed E-state index contributed by atoms with van der Waals surface area (Å²) in [6, 6.07) is 8.83. The first-order valence-electron chi connectivity index (χ1n) is 5.55. The highest BCUT2D eigenvalue weighted by atomic mass is 14.2. The van der Waals surface area contributed by atoms with Crippen LogP contribution >= 0.6 is 0 Å².